The predicted octanol–water partition coefficient (Wildman–Crippen LogP) is 4.49. The predicted molar refractivity (Wildman–Crippen MR) is 148 cm³/mol. The maximum absolute atomic E-state index is 6.56. The third-order valence-corrected chi connectivity index (χ3v) is 20.2. The molecule has 6 heteroatoms. The van der Waals surface area contributed by atoms with Gasteiger partial charge in [-0.05, 0) is 67.7 Å². The molecule has 2 aliphatic rings. The van der Waals surface area contributed by atoms with Gasteiger partial charge in [-0.3, -0.25) is 0 Å². The van der Waals surface area contributed by atoms with Gasteiger partial charge in [-0.15, -0.1) is 0 Å². The minimum atomic E-state index is -3.29. The highest BCUT2D eigenvalue weighted by atomic mass is 29.3. The minimum absolute atomic E-state index is 0.847. The van der Waals surface area contributed by atoms with Crippen LogP contribution in [0, 0.1) is 0 Å². The first-order valence-electron chi connectivity index (χ1n) is 12.3. The number of hydrogen-bond donors (Lipinski definition) is 0. The molecular formula is C30H30O4Si2. The molecule has 36 heavy (non-hydrogen) atoms. The monoisotopic (exact) mass is 510 g/mol. The van der Waals surface area contributed by atoms with Crippen molar-refractivity contribution >= 4 is 26.5 Å². The van der Waals surface area contributed by atoms with Crippen LogP contribution >= 0.6 is 0 Å². The molecule has 4 aromatic rings. The van der Waals surface area contributed by atoms with Crippen LogP contribution in [0.1, 0.15) is 22.3 Å². The fraction of sp³-hybridized carbons (Fsp3) is 0.200. The quantitative estimate of drug-likeness (QED) is 0.297. The standard InChI is InChI=1S/C30H30O4Si2/c1-31-35(32-2,29-17-9-15-25-23-13-7-5-11-21(23)19-27(25)29)36(33-3,34-4)30-18-10-16-26-24-14-8-6-12-22(24)20-28(26)30/h5-18H,19-20H2,1-4H3. The van der Waals surface area contributed by atoms with E-state index in [9.17, 15) is 0 Å². The van der Waals surface area contributed by atoms with Crippen LogP contribution in [0.3, 0.4) is 0 Å². The minimum Gasteiger partial charge on any atom is -0.393 e. The van der Waals surface area contributed by atoms with Crippen LogP contribution in [-0.4, -0.2) is 44.6 Å². The molecule has 182 valence electrons. The van der Waals surface area contributed by atoms with Gasteiger partial charge in [0.1, 0.15) is 0 Å². The maximum atomic E-state index is 6.56. The van der Waals surface area contributed by atoms with Crippen LogP contribution in [0.15, 0.2) is 84.9 Å². The first-order valence-corrected chi connectivity index (χ1v) is 16.9. The lowest BCUT2D eigenvalue weighted by Gasteiger charge is -2.42. The van der Waals surface area contributed by atoms with Crippen LogP contribution in [-0.2, 0) is 30.5 Å². The SMILES string of the molecule is CO[Si](OC)(c1cccc2c1Cc1ccccc1-2)[Si](OC)(OC)c1cccc2c1Cc1ccccc1-2. The van der Waals surface area contributed by atoms with Gasteiger partial charge in [-0.2, -0.15) is 0 Å². The average Bonchev–Trinajstić information content (AvgIpc) is 3.51. The molecule has 0 atom stereocenters. The summed E-state index contributed by atoms with van der Waals surface area (Å²) in [5, 5.41) is 2.20. The van der Waals surface area contributed by atoms with E-state index in [-0.39, 0.29) is 0 Å². The van der Waals surface area contributed by atoms with Crippen molar-refractivity contribution in [1.29, 1.82) is 0 Å². The molecule has 0 radical (unpaired) electrons. The molecule has 0 aliphatic heterocycles. The molecule has 0 bridgehead atoms. The van der Waals surface area contributed by atoms with Crippen molar-refractivity contribution in [1.82, 2.24) is 0 Å². The lowest BCUT2D eigenvalue weighted by Crippen LogP contribution is -2.81. The third-order valence-electron chi connectivity index (χ3n) is 7.99. The fourth-order valence-electron chi connectivity index (χ4n) is 6.43. The Morgan fingerprint density at radius 1 is 0.444 bits per heavy atom. The van der Waals surface area contributed by atoms with Gasteiger partial charge in [-0.1, -0.05) is 84.9 Å². The van der Waals surface area contributed by atoms with Crippen molar-refractivity contribution in [3.05, 3.63) is 107 Å². The number of hydrogen-bond acceptors (Lipinski definition) is 4. The van der Waals surface area contributed by atoms with E-state index in [0.717, 1.165) is 23.2 Å². The van der Waals surface area contributed by atoms with Gasteiger partial charge >= 0.3 is 16.2 Å². The van der Waals surface area contributed by atoms with Crippen molar-refractivity contribution in [2.24, 2.45) is 0 Å². The molecular weight excluding hydrogens is 480 g/mol. The van der Waals surface area contributed by atoms with Gasteiger partial charge in [0, 0.05) is 28.4 Å². The first kappa shape index (κ1) is 23.5. The van der Waals surface area contributed by atoms with Gasteiger partial charge in [0.2, 0.25) is 0 Å². The van der Waals surface area contributed by atoms with E-state index in [4.69, 9.17) is 17.7 Å². The Morgan fingerprint density at radius 2 is 0.806 bits per heavy atom. The fourth-order valence-corrected chi connectivity index (χ4v) is 18.1. The number of benzene rings is 4. The van der Waals surface area contributed by atoms with Gasteiger partial charge in [0.25, 0.3) is 0 Å². The van der Waals surface area contributed by atoms with Crippen LogP contribution in [0.5, 0.6) is 0 Å². The first-order chi connectivity index (χ1) is 17.6. The molecule has 6 rings (SSSR count). The Labute approximate surface area is 214 Å². The van der Waals surface area contributed by atoms with Crippen molar-refractivity contribution in [3.63, 3.8) is 0 Å². The third kappa shape index (κ3) is 3.06. The van der Waals surface area contributed by atoms with Crippen molar-refractivity contribution in [2.45, 2.75) is 12.8 Å². The molecule has 0 heterocycles. The van der Waals surface area contributed by atoms with Crippen molar-refractivity contribution < 1.29 is 17.7 Å². The largest absolute Gasteiger partial charge is 0.423 e. The molecule has 0 saturated carbocycles. The van der Waals surface area contributed by atoms with Crippen molar-refractivity contribution in [2.75, 3.05) is 28.4 Å². The van der Waals surface area contributed by atoms with E-state index < -0.39 is 16.2 Å². The summed E-state index contributed by atoms with van der Waals surface area (Å²) in [5.41, 5.74) is 10.2. The molecule has 0 amide bonds. The molecule has 0 N–H and O–H groups in total. The van der Waals surface area contributed by atoms with E-state index in [1.54, 1.807) is 28.4 Å². The molecule has 0 unspecified atom stereocenters. The van der Waals surface area contributed by atoms with Gasteiger partial charge in [-0.25, -0.2) is 0 Å². The zero-order chi connectivity index (χ0) is 24.9. The van der Waals surface area contributed by atoms with E-state index in [0.29, 0.717) is 0 Å². The van der Waals surface area contributed by atoms with E-state index in [1.165, 1.54) is 44.5 Å². The van der Waals surface area contributed by atoms with Gasteiger partial charge < -0.3 is 17.7 Å². The average molecular weight is 511 g/mol. The topological polar surface area (TPSA) is 36.9 Å². The van der Waals surface area contributed by atoms with Crippen molar-refractivity contribution in [3.8, 4) is 22.3 Å². The maximum Gasteiger partial charge on any atom is 0.423 e. The molecule has 4 aromatic carbocycles. The second kappa shape index (κ2) is 8.92. The van der Waals surface area contributed by atoms with Gasteiger partial charge in [0.15, 0.2) is 0 Å². The Bertz CT molecular complexity index is 1350. The van der Waals surface area contributed by atoms with E-state index in [1.807, 2.05) is 0 Å². The summed E-state index contributed by atoms with van der Waals surface area (Å²) in [5.74, 6) is 0. The Kier molecular flexibility index (Phi) is 5.83. The Balaban J connectivity index is 1.60. The smallest absolute Gasteiger partial charge is 0.393 e. The number of fused-ring (bicyclic) bond motifs is 6. The molecule has 0 saturated heterocycles. The summed E-state index contributed by atoms with van der Waals surface area (Å²) in [6.07, 6.45) is 1.69. The molecule has 0 aromatic heterocycles. The van der Waals surface area contributed by atoms with Crippen LogP contribution in [0.25, 0.3) is 22.3 Å². The Hall–Kier alpha value is -2.85. The lowest BCUT2D eigenvalue weighted by atomic mass is 10.1. The lowest BCUT2D eigenvalue weighted by molar-refractivity contribution is 0.219. The Morgan fingerprint density at radius 3 is 1.19 bits per heavy atom. The number of rotatable bonds is 7. The highest BCUT2D eigenvalue weighted by Crippen LogP contribution is 2.40. The van der Waals surface area contributed by atoms with Crippen LogP contribution < -0.4 is 10.4 Å². The second-order valence-corrected chi connectivity index (χ2v) is 18.5. The normalized spacial score (nSPS) is 13.8. The molecule has 2 aliphatic carbocycles. The summed E-state index contributed by atoms with van der Waals surface area (Å²) in [6.45, 7) is 0. The molecule has 0 spiro atoms. The zero-order valence-corrected chi connectivity index (χ0v) is 23.1. The summed E-state index contributed by atoms with van der Waals surface area (Å²) < 4.78 is 26.3. The summed E-state index contributed by atoms with van der Waals surface area (Å²) in [4.78, 5) is 0. The highest BCUT2D eigenvalue weighted by molar-refractivity contribution is 7.42. The summed E-state index contributed by atoms with van der Waals surface area (Å²) in [6, 6.07) is 30.2. The second-order valence-electron chi connectivity index (χ2n) is 9.38. The summed E-state index contributed by atoms with van der Waals surface area (Å²) in [7, 11) is 0.460. The molecule has 0 fully saturated rings. The van der Waals surface area contributed by atoms with E-state index in [2.05, 4.69) is 84.9 Å². The highest BCUT2D eigenvalue weighted by Gasteiger charge is 2.68. The van der Waals surface area contributed by atoms with Crippen LogP contribution in [0.2, 0.25) is 0 Å². The van der Waals surface area contributed by atoms with E-state index >= 15 is 0 Å². The van der Waals surface area contributed by atoms with Crippen LogP contribution in [0.4, 0.5) is 0 Å². The summed E-state index contributed by atoms with van der Waals surface area (Å²) >= 11 is 0. The van der Waals surface area contributed by atoms with Gasteiger partial charge in [0.05, 0.1) is 0 Å². The molecule has 4 nitrogen and oxygen atoms in total. The zero-order valence-electron chi connectivity index (χ0n) is 21.1.